The molecule has 0 spiro atoms. The average molecular weight is 920 g/mol. The van der Waals surface area contributed by atoms with Crippen LogP contribution in [0.5, 0.6) is 0 Å². The van der Waals surface area contributed by atoms with E-state index in [-0.39, 0.29) is 0 Å². The Morgan fingerprint density at radius 1 is 0.296 bits per heavy atom. The highest BCUT2D eigenvalue weighted by molar-refractivity contribution is 7.25. The molecule has 1 aliphatic carbocycles. The lowest BCUT2D eigenvalue weighted by Gasteiger charge is -2.35. The Hall–Kier alpha value is -8.82. The van der Waals surface area contributed by atoms with Crippen molar-refractivity contribution in [2.45, 2.75) is 5.41 Å². The highest BCUT2D eigenvalue weighted by atomic mass is 32.1. The second-order valence-corrected chi connectivity index (χ2v) is 19.8. The van der Waals surface area contributed by atoms with Crippen molar-refractivity contribution in [3.63, 3.8) is 0 Å². The van der Waals surface area contributed by atoms with Crippen molar-refractivity contribution in [3.05, 3.63) is 295 Å². The maximum atomic E-state index is 2.52. The number of benzene rings is 12. The minimum absolute atomic E-state index is 0.557. The number of hydrogen-bond donors (Lipinski definition) is 0. The van der Waals surface area contributed by atoms with Crippen molar-refractivity contribution in [1.82, 2.24) is 0 Å². The van der Waals surface area contributed by atoms with Crippen molar-refractivity contribution in [1.29, 1.82) is 0 Å². The first-order valence-electron chi connectivity index (χ1n) is 24.5. The van der Waals surface area contributed by atoms with Crippen LogP contribution in [0, 0.1) is 0 Å². The molecule has 13 aromatic rings. The lowest BCUT2D eigenvalue weighted by molar-refractivity contribution is 0.768. The van der Waals surface area contributed by atoms with Gasteiger partial charge in [0, 0.05) is 37.1 Å². The summed E-state index contributed by atoms with van der Waals surface area (Å²) >= 11 is 1.88. The van der Waals surface area contributed by atoms with Crippen LogP contribution in [0.1, 0.15) is 22.3 Å². The highest BCUT2D eigenvalue weighted by Crippen LogP contribution is 2.58. The first kappa shape index (κ1) is 41.2. The van der Waals surface area contributed by atoms with E-state index in [0.29, 0.717) is 0 Å². The molecule has 332 valence electrons. The topological polar surface area (TPSA) is 3.24 Å². The Balaban J connectivity index is 1.05. The molecule has 1 aliphatic rings. The van der Waals surface area contributed by atoms with Crippen LogP contribution < -0.4 is 4.90 Å². The van der Waals surface area contributed by atoms with Crippen LogP contribution in [0.3, 0.4) is 0 Å². The number of thiophene rings is 1. The van der Waals surface area contributed by atoms with Crippen molar-refractivity contribution < 1.29 is 0 Å². The molecule has 0 N–H and O–H groups in total. The van der Waals surface area contributed by atoms with Crippen LogP contribution in [0.15, 0.2) is 273 Å². The summed E-state index contributed by atoms with van der Waals surface area (Å²) in [5, 5.41) is 7.53. The summed E-state index contributed by atoms with van der Waals surface area (Å²) in [5.74, 6) is 0. The zero-order chi connectivity index (χ0) is 46.9. The lowest BCUT2D eigenvalue weighted by atomic mass is 9.67. The molecule has 0 radical (unpaired) electrons. The molecule has 0 saturated heterocycles. The summed E-state index contributed by atoms with van der Waals surface area (Å²) in [5.41, 5.74) is 17.5. The SMILES string of the molecule is c1ccc(-c2c(-c3ccc4sc5cc6ccccc6cc5c4c3)cccc2N(c2ccc3c(c2)C(c2ccccc2)(c2ccccc2)c2ccccc2-3)c2ccc3c(-c4ccccc4)cccc3c2)cc1. The molecule has 0 bridgehead atoms. The number of anilines is 3. The molecule has 1 aromatic heterocycles. The van der Waals surface area contributed by atoms with Gasteiger partial charge in [0.2, 0.25) is 0 Å². The second-order valence-electron chi connectivity index (χ2n) is 18.7. The van der Waals surface area contributed by atoms with Crippen molar-refractivity contribution >= 4 is 70.1 Å². The van der Waals surface area contributed by atoms with Crippen LogP contribution in [-0.4, -0.2) is 0 Å². The Kier molecular flexibility index (Phi) is 9.69. The molecule has 12 aromatic carbocycles. The zero-order valence-electron chi connectivity index (χ0n) is 38.8. The molecule has 0 aliphatic heterocycles. The summed E-state index contributed by atoms with van der Waals surface area (Å²) in [6.07, 6.45) is 0. The van der Waals surface area contributed by atoms with Crippen LogP contribution in [0.2, 0.25) is 0 Å². The third-order valence-electron chi connectivity index (χ3n) is 14.9. The standard InChI is InChI=1S/C69H45NS/c1-5-19-46(20-6-1)56-31-17-25-50-41-54(36-38-57(50)56)70(55-37-39-60-59-30-15-16-33-63(59)69(64(60)45-55,52-26-9-3-10-27-52)53-28-11-4-12-29-53)65-34-18-32-58(68(65)47-21-7-2-8-22-47)51-35-40-66-61(43-51)62-42-48-23-13-14-24-49(48)44-67(62)71-66/h1-45H. The van der Waals surface area contributed by atoms with Gasteiger partial charge in [0.25, 0.3) is 0 Å². The number of hydrogen-bond acceptors (Lipinski definition) is 2. The molecule has 2 heteroatoms. The minimum atomic E-state index is -0.557. The molecule has 1 heterocycles. The smallest absolute Gasteiger partial charge is 0.0714 e. The lowest BCUT2D eigenvalue weighted by Crippen LogP contribution is -2.28. The van der Waals surface area contributed by atoms with Crippen LogP contribution in [-0.2, 0) is 5.41 Å². The third-order valence-corrected chi connectivity index (χ3v) is 16.0. The summed E-state index contributed by atoms with van der Waals surface area (Å²) < 4.78 is 2.61. The summed E-state index contributed by atoms with van der Waals surface area (Å²) in [7, 11) is 0. The van der Waals surface area contributed by atoms with Gasteiger partial charge in [-0.2, -0.15) is 0 Å². The Bertz CT molecular complexity index is 4120. The summed E-state index contributed by atoms with van der Waals surface area (Å²) in [4.78, 5) is 2.52. The fourth-order valence-corrected chi connectivity index (χ4v) is 12.9. The van der Waals surface area contributed by atoms with E-state index in [9.17, 15) is 0 Å². The quantitative estimate of drug-likeness (QED) is 0.147. The normalized spacial score (nSPS) is 12.6. The van der Waals surface area contributed by atoms with E-state index in [1.165, 1.54) is 103 Å². The Labute approximate surface area is 417 Å². The van der Waals surface area contributed by atoms with Gasteiger partial charge in [0.15, 0.2) is 0 Å². The molecule has 0 saturated carbocycles. The van der Waals surface area contributed by atoms with Gasteiger partial charge >= 0.3 is 0 Å². The zero-order valence-corrected chi connectivity index (χ0v) is 39.7. The molecular formula is C69H45NS. The molecule has 0 fully saturated rings. The minimum Gasteiger partial charge on any atom is -0.310 e. The van der Waals surface area contributed by atoms with Crippen LogP contribution in [0.25, 0.3) is 86.2 Å². The number of rotatable bonds is 8. The molecule has 0 amide bonds. The van der Waals surface area contributed by atoms with Crippen molar-refractivity contribution in [2.75, 3.05) is 4.90 Å². The number of nitrogens with zero attached hydrogens (tertiary/aromatic N) is 1. The molecular weight excluding hydrogens is 875 g/mol. The van der Waals surface area contributed by atoms with Gasteiger partial charge in [-0.3, -0.25) is 0 Å². The first-order valence-corrected chi connectivity index (χ1v) is 25.3. The van der Waals surface area contributed by atoms with Gasteiger partial charge < -0.3 is 4.90 Å². The summed E-state index contributed by atoms with van der Waals surface area (Å²) in [6.45, 7) is 0. The van der Waals surface area contributed by atoms with Crippen molar-refractivity contribution in [3.8, 4) is 44.5 Å². The maximum Gasteiger partial charge on any atom is 0.0714 e. The third kappa shape index (κ3) is 6.60. The van der Waals surface area contributed by atoms with E-state index < -0.39 is 5.41 Å². The molecule has 14 rings (SSSR count). The van der Waals surface area contributed by atoms with Gasteiger partial charge in [-0.1, -0.05) is 218 Å². The second kappa shape index (κ2) is 16.7. The molecule has 1 nitrogen and oxygen atoms in total. The van der Waals surface area contributed by atoms with E-state index in [0.717, 1.165) is 22.6 Å². The average Bonchev–Trinajstić information content (AvgIpc) is 3.95. The number of fused-ring (bicyclic) bond motifs is 8. The van der Waals surface area contributed by atoms with Gasteiger partial charge in [-0.15, -0.1) is 11.3 Å². The summed E-state index contributed by atoms with van der Waals surface area (Å²) in [6, 6.07) is 101. The molecule has 0 unspecified atom stereocenters. The van der Waals surface area contributed by atoms with Gasteiger partial charge in [0.05, 0.1) is 11.1 Å². The Morgan fingerprint density at radius 2 is 0.859 bits per heavy atom. The Morgan fingerprint density at radius 3 is 1.62 bits per heavy atom. The monoisotopic (exact) mass is 919 g/mol. The first-order chi connectivity index (χ1) is 35.2. The van der Waals surface area contributed by atoms with E-state index in [2.05, 4.69) is 278 Å². The fraction of sp³-hybridized carbons (Fsp3) is 0.0145. The maximum absolute atomic E-state index is 2.52. The fourth-order valence-electron chi connectivity index (χ4n) is 11.8. The van der Waals surface area contributed by atoms with Gasteiger partial charge in [-0.05, 0) is 137 Å². The van der Waals surface area contributed by atoms with Crippen molar-refractivity contribution in [2.24, 2.45) is 0 Å². The van der Waals surface area contributed by atoms with Crippen LogP contribution in [0.4, 0.5) is 17.1 Å². The van der Waals surface area contributed by atoms with Crippen LogP contribution >= 0.6 is 11.3 Å². The van der Waals surface area contributed by atoms with Gasteiger partial charge in [-0.25, -0.2) is 0 Å². The molecule has 0 atom stereocenters. The predicted molar refractivity (Wildman–Crippen MR) is 303 cm³/mol. The molecule has 71 heavy (non-hydrogen) atoms. The van der Waals surface area contributed by atoms with E-state index in [1.807, 2.05) is 11.3 Å². The van der Waals surface area contributed by atoms with E-state index in [1.54, 1.807) is 0 Å². The van der Waals surface area contributed by atoms with Gasteiger partial charge in [0.1, 0.15) is 0 Å². The largest absolute Gasteiger partial charge is 0.310 e. The van der Waals surface area contributed by atoms with E-state index >= 15 is 0 Å². The highest BCUT2D eigenvalue weighted by Gasteiger charge is 2.46. The van der Waals surface area contributed by atoms with E-state index in [4.69, 9.17) is 0 Å². The predicted octanol–water partition coefficient (Wildman–Crippen LogP) is 19.2.